The predicted molar refractivity (Wildman–Crippen MR) is 96.4 cm³/mol. The summed E-state index contributed by atoms with van der Waals surface area (Å²) in [6.45, 7) is 0.605. The van der Waals surface area contributed by atoms with Gasteiger partial charge in [-0.25, -0.2) is 14.6 Å². The van der Waals surface area contributed by atoms with E-state index in [2.05, 4.69) is 19.8 Å². The van der Waals surface area contributed by atoms with Gasteiger partial charge < -0.3 is 4.74 Å². The minimum absolute atomic E-state index is 0.209. The summed E-state index contributed by atoms with van der Waals surface area (Å²) < 4.78 is 42.2. The molecule has 0 aliphatic rings. The second-order valence-corrected chi connectivity index (χ2v) is 6.36. The Bertz CT molecular complexity index is 1040. The number of ether oxygens (including phenoxy) is 1. The summed E-state index contributed by atoms with van der Waals surface area (Å²) in [4.78, 5) is 19.6. The van der Waals surface area contributed by atoms with Crippen LogP contribution in [0, 0.1) is 6.92 Å². The molecule has 0 bridgehead atoms. The Labute approximate surface area is 162 Å². The third kappa shape index (κ3) is 5.07. The van der Waals surface area contributed by atoms with E-state index in [1.54, 1.807) is 6.07 Å². The van der Waals surface area contributed by atoms with Gasteiger partial charge >= 0.3 is 12.2 Å². The first-order chi connectivity index (χ1) is 13.2. The molecule has 0 atom stereocenters. The van der Waals surface area contributed by atoms with Crippen molar-refractivity contribution in [2.45, 2.75) is 19.6 Å². The topological polar surface area (TPSA) is 69.9 Å². The van der Waals surface area contributed by atoms with E-state index in [0.29, 0.717) is 16.3 Å². The number of aryl methyl sites for hydroxylation is 1. The van der Waals surface area contributed by atoms with Crippen molar-refractivity contribution in [2.75, 3.05) is 6.61 Å². The Kier molecular flexibility index (Phi) is 5.64. The number of nitrogens with zero attached hydrogens (tertiary/aromatic N) is 4. The predicted octanol–water partition coefficient (Wildman–Crippen LogP) is 3.65. The number of hydrogen-bond donors (Lipinski definition) is 0. The Balaban J connectivity index is 1.80. The van der Waals surface area contributed by atoms with Crippen molar-refractivity contribution in [3.63, 3.8) is 0 Å². The van der Waals surface area contributed by atoms with E-state index in [4.69, 9.17) is 11.6 Å². The lowest BCUT2D eigenvalue weighted by Crippen LogP contribution is -2.23. The zero-order valence-electron chi connectivity index (χ0n) is 14.6. The summed E-state index contributed by atoms with van der Waals surface area (Å²) >= 11 is 6.11. The molecule has 146 valence electrons. The van der Waals surface area contributed by atoms with E-state index >= 15 is 0 Å². The van der Waals surface area contributed by atoms with E-state index in [1.807, 2.05) is 19.1 Å². The molecule has 0 saturated heterocycles. The zero-order valence-corrected chi connectivity index (χ0v) is 15.3. The average molecular weight is 411 g/mol. The normalized spacial score (nSPS) is 11.5. The van der Waals surface area contributed by atoms with Crippen molar-refractivity contribution in [3.05, 3.63) is 69.2 Å². The molecular formula is C18H14ClF3N4O2. The first kappa shape index (κ1) is 19.8. The molecule has 0 saturated carbocycles. The summed E-state index contributed by atoms with van der Waals surface area (Å²) in [6.07, 6.45) is -1.92. The molecule has 2 aromatic heterocycles. The van der Waals surface area contributed by atoms with Crippen molar-refractivity contribution >= 4 is 11.6 Å². The Hall–Kier alpha value is -2.94. The van der Waals surface area contributed by atoms with Gasteiger partial charge in [0.25, 0.3) is 5.56 Å². The van der Waals surface area contributed by atoms with E-state index in [-0.39, 0.29) is 12.1 Å². The highest BCUT2D eigenvalue weighted by Gasteiger charge is 2.28. The van der Waals surface area contributed by atoms with Gasteiger partial charge in [0.2, 0.25) is 0 Å². The van der Waals surface area contributed by atoms with Crippen molar-refractivity contribution in [2.24, 2.45) is 0 Å². The molecule has 10 heteroatoms. The van der Waals surface area contributed by atoms with Crippen LogP contribution in [0.5, 0.6) is 6.01 Å². The zero-order chi connectivity index (χ0) is 20.3. The molecular weight excluding hydrogens is 397 g/mol. The van der Waals surface area contributed by atoms with Gasteiger partial charge in [-0.3, -0.25) is 4.79 Å². The smallest absolute Gasteiger partial charge is 0.422 e. The van der Waals surface area contributed by atoms with Crippen LogP contribution in [0.3, 0.4) is 0 Å². The highest BCUT2D eigenvalue weighted by molar-refractivity contribution is 6.31. The standard InChI is InChI=1S/C18H14ClF3N4O2/c1-11-2-3-12(6-14(11)19)9-26-16(27)5-4-15(25-26)13-7-23-17(24-8-13)28-10-18(20,21)22/h2-8H,9-10H2,1H3. The molecule has 3 aromatic rings. The maximum atomic E-state index is 12.2. The second kappa shape index (κ2) is 7.97. The first-order valence-electron chi connectivity index (χ1n) is 8.06. The molecule has 1 aromatic carbocycles. The van der Waals surface area contributed by atoms with Crippen molar-refractivity contribution in [1.82, 2.24) is 19.7 Å². The van der Waals surface area contributed by atoms with Gasteiger partial charge in [0.1, 0.15) is 0 Å². The molecule has 3 rings (SSSR count). The van der Waals surface area contributed by atoms with Crippen molar-refractivity contribution < 1.29 is 17.9 Å². The summed E-state index contributed by atoms with van der Waals surface area (Å²) in [5, 5.41) is 4.85. The molecule has 0 spiro atoms. The van der Waals surface area contributed by atoms with Crippen LogP contribution in [0.2, 0.25) is 5.02 Å². The van der Waals surface area contributed by atoms with Crippen LogP contribution in [0.15, 0.2) is 47.5 Å². The Morgan fingerprint density at radius 2 is 1.86 bits per heavy atom. The molecule has 0 aliphatic heterocycles. The van der Waals surface area contributed by atoms with Crippen LogP contribution < -0.4 is 10.3 Å². The van der Waals surface area contributed by atoms with Crippen molar-refractivity contribution in [1.29, 1.82) is 0 Å². The number of alkyl halides is 3. The van der Waals surface area contributed by atoms with Crippen LogP contribution in [0.1, 0.15) is 11.1 Å². The van der Waals surface area contributed by atoms with Gasteiger partial charge in [-0.15, -0.1) is 0 Å². The lowest BCUT2D eigenvalue weighted by atomic mass is 10.1. The Morgan fingerprint density at radius 3 is 2.50 bits per heavy atom. The average Bonchev–Trinajstić information content (AvgIpc) is 2.65. The monoisotopic (exact) mass is 410 g/mol. The molecule has 0 aliphatic carbocycles. The fourth-order valence-corrected chi connectivity index (χ4v) is 2.50. The van der Waals surface area contributed by atoms with Crippen LogP contribution in [0.4, 0.5) is 13.2 Å². The number of benzene rings is 1. The van der Waals surface area contributed by atoms with E-state index in [1.165, 1.54) is 29.2 Å². The van der Waals surface area contributed by atoms with Crippen LogP contribution >= 0.6 is 11.6 Å². The Morgan fingerprint density at radius 1 is 1.14 bits per heavy atom. The fraction of sp³-hybridized carbons (Fsp3) is 0.222. The maximum absolute atomic E-state index is 12.2. The van der Waals surface area contributed by atoms with E-state index in [0.717, 1.165) is 11.1 Å². The number of halogens is 4. The summed E-state index contributed by atoms with van der Waals surface area (Å²) in [5.41, 5.74) is 2.22. The molecule has 0 amide bonds. The lowest BCUT2D eigenvalue weighted by Gasteiger charge is -2.09. The highest BCUT2D eigenvalue weighted by Crippen LogP contribution is 2.19. The molecule has 28 heavy (non-hydrogen) atoms. The maximum Gasteiger partial charge on any atom is 0.422 e. The molecule has 0 fully saturated rings. The van der Waals surface area contributed by atoms with Gasteiger partial charge in [-0.2, -0.15) is 18.3 Å². The third-order valence-corrected chi connectivity index (χ3v) is 4.13. The van der Waals surface area contributed by atoms with Crippen LogP contribution in [-0.4, -0.2) is 32.5 Å². The minimum atomic E-state index is -4.47. The van der Waals surface area contributed by atoms with Gasteiger partial charge in [0, 0.05) is 29.0 Å². The second-order valence-electron chi connectivity index (χ2n) is 5.96. The SMILES string of the molecule is Cc1ccc(Cn2nc(-c3cnc(OCC(F)(F)F)nc3)ccc2=O)cc1Cl. The van der Waals surface area contributed by atoms with Crippen LogP contribution in [-0.2, 0) is 6.54 Å². The number of aromatic nitrogens is 4. The number of rotatable bonds is 5. The molecule has 0 N–H and O–H groups in total. The quantitative estimate of drug-likeness (QED) is 0.642. The van der Waals surface area contributed by atoms with E-state index < -0.39 is 18.8 Å². The fourth-order valence-electron chi connectivity index (χ4n) is 2.29. The van der Waals surface area contributed by atoms with Gasteiger partial charge in [0.05, 0.1) is 12.2 Å². The molecule has 2 heterocycles. The van der Waals surface area contributed by atoms with Gasteiger partial charge in [0.15, 0.2) is 6.61 Å². The van der Waals surface area contributed by atoms with Gasteiger partial charge in [-0.1, -0.05) is 23.7 Å². The van der Waals surface area contributed by atoms with Gasteiger partial charge in [-0.05, 0) is 30.2 Å². The summed E-state index contributed by atoms with van der Waals surface area (Å²) in [5.74, 6) is 0. The van der Waals surface area contributed by atoms with Crippen molar-refractivity contribution in [3.8, 4) is 17.3 Å². The lowest BCUT2D eigenvalue weighted by molar-refractivity contribution is -0.154. The highest BCUT2D eigenvalue weighted by atomic mass is 35.5. The minimum Gasteiger partial charge on any atom is -0.454 e. The van der Waals surface area contributed by atoms with E-state index in [9.17, 15) is 18.0 Å². The van der Waals surface area contributed by atoms with Crippen LogP contribution in [0.25, 0.3) is 11.3 Å². The molecule has 0 radical (unpaired) electrons. The summed E-state index contributed by atoms with van der Waals surface area (Å²) in [7, 11) is 0. The summed E-state index contributed by atoms with van der Waals surface area (Å²) in [6, 6.07) is 7.87. The number of hydrogen-bond acceptors (Lipinski definition) is 5. The largest absolute Gasteiger partial charge is 0.454 e. The molecule has 6 nitrogen and oxygen atoms in total. The molecule has 0 unspecified atom stereocenters. The third-order valence-electron chi connectivity index (χ3n) is 3.72. The first-order valence-corrected chi connectivity index (χ1v) is 8.44.